The summed E-state index contributed by atoms with van der Waals surface area (Å²) in [5.74, 6) is -1.80. The number of nitrogens with two attached hydrogens (primary N) is 1. The van der Waals surface area contributed by atoms with Gasteiger partial charge in [0, 0.05) is 6.54 Å². The number of carboxylic acids is 2. The highest BCUT2D eigenvalue weighted by molar-refractivity contribution is 5.67. The minimum atomic E-state index is -0.961. The molecule has 0 saturated carbocycles. The zero-order valence-corrected chi connectivity index (χ0v) is 6.56. The quantitative estimate of drug-likeness (QED) is 0.433. The molecule has 0 aliphatic carbocycles. The Morgan fingerprint density at radius 3 is 1.50 bits per heavy atom. The van der Waals surface area contributed by atoms with E-state index in [2.05, 4.69) is 0 Å². The van der Waals surface area contributed by atoms with Gasteiger partial charge >= 0.3 is 11.9 Å². The van der Waals surface area contributed by atoms with Crippen molar-refractivity contribution >= 4 is 11.9 Å². The van der Waals surface area contributed by atoms with Gasteiger partial charge < -0.3 is 21.1 Å². The molecule has 0 aromatic heterocycles. The Morgan fingerprint density at radius 2 is 1.50 bits per heavy atom. The van der Waals surface area contributed by atoms with Gasteiger partial charge in [-0.25, -0.2) is 0 Å². The standard InChI is InChI=1S/C3H7NO2.C3H6O3/c2*4-2-1-3(5)6/h1-2,4H2,(H,5,6);4H,1-2H2,(H,5,6). The first-order chi connectivity index (χ1) is 5.54. The summed E-state index contributed by atoms with van der Waals surface area (Å²) in [6, 6.07) is 0. The highest BCUT2D eigenvalue weighted by atomic mass is 16.4. The second-order valence-electron chi connectivity index (χ2n) is 1.80. The Hall–Kier alpha value is -1.14. The predicted molar refractivity (Wildman–Crippen MR) is 40.6 cm³/mol. The molecule has 0 heterocycles. The number of carboxylic acid groups (broad SMARTS) is 2. The van der Waals surface area contributed by atoms with Crippen molar-refractivity contribution in [1.82, 2.24) is 0 Å². The fourth-order valence-electron chi connectivity index (χ4n) is 0.219. The number of rotatable bonds is 4. The molecule has 0 unspecified atom stereocenters. The normalized spacial score (nSPS) is 8.17. The maximum Gasteiger partial charge on any atom is 0.305 e. The lowest BCUT2D eigenvalue weighted by Gasteiger charge is -1.80. The summed E-state index contributed by atoms with van der Waals surface area (Å²) in [5.41, 5.74) is 4.85. The van der Waals surface area contributed by atoms with Crippen LogP contribution in [-0.4, -0.2) is 40.4 Å². The van der Waals surface area contributed by atoms with Gasteiger partial charge in [0.15, 0.2) is 0 Å². The molecule has 5 N–H and O–H groups in total. The molecule has 0 aliphatic heterocycles. The minimum absolute atomic E-state index is 0.0694. The fourth-order valence-corrected chi connectivity index (χ4v) is 0.219. The van der Waals surface area contributed by atoms with Crippen LogP contribution in [0.5, 0.6) is 0 Å². The summed E-state index contributed by atoms with van der Waals surface area (Å²) in [7, 11) is 0. The molecule has 72 valence electrons. The third kappa shape index (κ3) is 23.2. The molecule has 0 spiro atoms. The molecule has 0 bridgehead atoms. The maximum atomic E-state index is 9.52. The molecule has 0 aliphatic rings. The SMILES string of the molecule is NCCC(=O)O.O=C(O)CCO. The van der Waals surface area contributed by atoms with Gasteiger partial charge in [0.05, 0.1) is 19.4 Å². The van der Waals surface area contributed by atoms with E-state index < -0.39 is 11.9 Å². The Balaban J connectivity index is 0. The number of aliphatic hydroxyl groups excluding tert-OH is 1. The van der Waals surface area contributed by atoms with Crippen molar-refractivity contribution < 1.29 is 24.9 Å². The number of aliphatic carboxylic acids is 2. The predicted octanol–water partition coefficient (Wildman–Crippen LogP) is -1.13. The van der Waals surface area contributed by atoms with Crippen molar-refractivity contribution in [3.05, 3.63) is 0 Å². The van der Waals surface area contributed by atoms with Gasteiger partial charge in [0.25, 0.3) is 0 Å². The van der Waals surface area contributed by atoms with Crippen molar-refractivity contribution in [1.29, 1.82) is 0 Å². The van der Waals surface area contributed by atoms with E-state index >= 15 is 0 Å². The Bertz CT molecular complexity index is 120. The van der Waals surface area contributed by atoms with Crippen molar-refractivity contribution in [2.75, 3.05) is 13.2 Å². The van der Waals surface area contributed by atoms with Crippen LogP contribution in [0.15, 0.2) is 0 Å². The Morgan fingerprint density at radius 1 is 1.08 bits per heavy atom. The largest absolute Gasteiger partial charge is 0.481 e. The molecule has 6 heteroatoms. The molecular formula is C6H13NO5. The average molecular weight is 179 g/mol. The van der Waals surface area contributed by atoms with E-state index in [4.69, 9.17) is 21.1 Å². The van der Waals surface area contributed by atoms with Gasteiger partial charge in [-0.1, -0.05) is 0 Å². The van der Waals surface area contributed by atoms with Crippen molar-refractivity contribution in [2.24, 2.45) is 5.73 Å². The molecule has 0 radical (unpaired) electrons. The summed E-state index contributed by atoms with van der Waals surface area (Å²) in [6.07, 6.45) is -0.0833. The lowest BCUT2D eigenvalue weighted by Crippen LogP contribution is -2.05. The van der Waals surface area contributed by atoms with Gasteiger partial charge in [-0.3, -0.25) is 9.59 Å². The molecule has 0 atom stereocenters. The first-order valence-electron chi connectivity index (χ1n) is 3.29. The van der Waals surface area contributed by atoms with E-state index in [1.54, 1.807) is 0 Å². The Kier molecular flexibility index (Phi) is 11.1. The summed E-state index contributed by atoms with van der Waals surface area (Å²) in [5, 5.41) is 23.4. The second kappa shape index (κ2) is 9.86. The van der Waals surface area contributed by atoms with Crippen LogP contribution in [0.25, 0.3) is 0 Å². The zero-order chi connectivity index (χ0) is 9.98. The number of aliphatic hydroxyl groups is 1. The van der Waals surface area contributed by atoms with Gasteiger partial charge in [-0.15, -0.1) is 0 Å². The van der Waals surface area contributed by atoms with E-state index in [0.717, 1.165) is 0 Å². The molecule has 0 aromatic rings. The highest BCUT2D eigenvalue weighted by Crippen LogP contribution is 1.70. The van der Waals surface area contributed by atoms with Gasteiger partial charge in [0.2, 0.25) is 0 Å². The van der Waals surface area contributed by atoms with Gasteiger partial charge in [-0.2, -0.15) is 0 Å². The van der Waals surface area contributed by atoms with E-state index in [0.29, 0.717) is 0 Å². The molecule has 0 saturated heterocycles. The molecule has 0 rings (SSSR count). The summed E-state index contributed by atoms with van der Waals surface area (Å²) in [6.45, 7) is -0.0370. The summed E-state index contributed by atoms with van der Waals surface area (Å²) in [4.78, 5) is 19.0. The molecule has 6 nitrogen and oxygen atoms in total. The maximum absolute atomic E-state index is 9.52. The van der Waals surface area contributed by atoms with Crippen LogP contribution in [0.4, 0.5) is 0 Å². The molecule has 0 fully saturated rings. The summed E-state index contributed by atoms with van der Waals surface area (Å²) < 4.78 is 0. The topological polar surface area (TPSA) is 121 Å². The monoisotopic (exact) mass is 179 g/mol. The number of carbonyl (C=O) groups is 2. The minimum Gasteiger partial charge on any atom is -0.481 e. The van der Waals surface area contributed by atoms with Crippen LogP contribution in [0.3, 0.4) is 0 Å². The number of hydrogen-bond donors (Lipinski definition) is 4. The van der Waals surface area contributed by atoms with Crippen LogP contribution in [0.1, 0.15) is 12.8 Å². The highest BCUT2D eigenvalue weighted by Gasteiger charge is 1.88. The molecular weight excluding hydrogens is 166 g/mol. The first-order valence-corrected chi connectivity index (χ1v) is 3.29. The van der Waals surface area contributed by atoms with Crippen LogP contribution in [-0.2, 0) is 9.59 Å². The second-order valence-corrected chi connectivity index (χ2v) is 1.80. The van der Waals surface area contributed by atoms with E-state index in [9.17, 15) is 9.59 Å². The van der Waals surface area contributed by atoms with E-state index in [1.807, 2.05) is 0 Å². The van der Waals surface area contributed by atoms with Crippen molar-refractivity contribution in [2.45, 2.75) is 12.8 Å². The van der Waals surface area contributed by atoms with Crippen LogP contribution in [0, 0.1) is 0 Å². The van der Waals surface area contributed by atoms with Crippen LogP contribution < -0.4 is 5.73 Å². The summed E-state index contributed by atoms with van der Waals surface area (Å²) >= 11 is 0. The lowest BCUT2D eigenvalue weighted by molar-refractivity contribution is -0.138. The molecule has 0 aromatic carbocycles. The third-order valence-corrected chi connectivity index (χ3v) is 0.684. The first kappa shape index (κ1) is 13.4. The number of hydrogen-bond acceptors (Lipinski definition) is 4. The van der Waals surface area contributed by atoms with E-state index in [-0.39, 0.29) is 26.0 Å². The Labute approximate surface area is 69.6 Å². The van der Waals surface area contributed by atoms with Crippen molar-refractivity contribution in [3.8, 4) is 0 Å². The third-order valence-electron chi connectivity index (χ3n) is 0.684. The smallest absolute Gasteiger partial charge is 0.305 e. The van der Waals surface area contributed by atoms with E-state index in [1.165, 1.54) is 0 Å². The van der Waals surface area contributed by atoms with Crippen LogP contribution in [0.2, 0.25) is 0 Å². The average Bonchev–Trinajstić information content (AvgIpc) is 1.87. The van der Waals surface area contributed by atoms with Gasteiger partial charge in [-0.05, 0) is 0 Å². The van der Waals surface area contributed by atoms with Crippen LogP contribution >= 0.6 is 0 Å². The zero-order valence-electron chi connectivity index (χ0n) is 6.56. The molecule has 12 heavy (non-hydrogen) atoms. The van der Waals surface area contributed by atoms with Crippen molar-refractivity contribution in [3.63, 3.8) is 0 Å². The van der Waals surface area contributed by atoms with Gasteiger partial charge in [0.1, 0.15) is 0 Å². The lowest BCUT2D eigenvalue weighted by atomic mass is 10.5. The molecule has 0 amide bonds. The fraction of sp³-hybridized carbons (Fsp3) is 0.667.